The van der Waals surface area contributed by atoms with Gasteiger partial charge in [0.25, 0.3) is 0 Å². The molecule has 3 N–H and O–H groups in total. The predicted octanol–water partition coefficient (Wildman–Crippen LogP) is 0.584. The normalized spacial score (nSPS) is 12.5. The van der Waals surface area contributed by atoms with Gasteiger partial charge in [-0.15, -0.1) is 0 Å². The molecule has 0 bridgehead atoms. The van der Waals surface area contributed by atoms with E-state index in [1.54, 1.807) is 6.07 Å². The molecule has 0 spiro atoms. The van der Waals surface area contributed by atoms with Crippen LogP contribution in [-0.2, 0) is 11.3 Å². The molecule has 1 aromatic heterocycles. The first-order valence-corrected chi connectivity index (χ1v) is 5.03. The molecule has 0 aromatic carbocycles. The average molecular weight is 211 g/mol. The number of amides is 1. The first-order chi connectivity index (χ1) is 7.13. The summed E-state index contributed by atoms with van der Waals surface area (Å²) in [6.07, 6.45) is 0.696. The molecule has 1 aromatic rings. The molecule has 1 atom stereocenters. The van der Waals surface area contributed by atoms with Gasteiger partial charge in [-0.05, 0) is 19.9 Å². The van der Waals surface area contributed by atoms with Crippen molar-refractivity contribution in [3.8, 4) is 0 Å². The average Bonchev–Trinajstić information content (AvgIpc) is 2.61. The van der Waals surface area contributed by atoms with Crippen LogP contribution in [0.1, 0.15) is 24.8 Å². The molecule has 0 aliphatic carbocycles. The van der Waals surface area contributed by atoms with Gasteiger partial charge >= 0.3 is 0 Å². The van der Waals surface area contributed by atoms with Gasteiger partial charge in [0.1, 0.15) is 0 Å². The van der Waals surface area contributed by atoms with Gasteiger partial charge in [0.15, 0.2) is 5.76 Å². The van der Waals surface area contributed by atoms with E-state index in [9.17, 15) is 4.79 Å². The van der Waals surface area contributed by atoms with Crippen molar-refractivity contribution < 1.29 is 9.32 Å². The number of aryl methyl sites for hydroxylation is 1. The van der Waals surface area contributed by atoms with Crippen LogP contribution in [0, 0.1) is 12.8 Å². The third-order valence-corrected chi connectivity index (χ3v) is 2.16. The number of hydrogen-bond donors (Lipinski definition) is 2. The summed E-state index contributed by atoms with van der Waals surface area (Å²) in [5, 5.41) is 6.50. The molecule has 15 heavy (non-hydrogen) atoms. The molecule has 0 fully saturated rings. The van der Waals surface area contributed by atoms with E-state index < -0.39 is 0 Å². The number of carbonyl (C=O) groups is 1. The van der Waals surface area contributed by atoms with Gasteiger partial charge in [-0.25, -0.2) is 0 Å². The number of rotatable bonds is 5. The predicted molar refractivity (Wildman–Crippen MR) is 55.9 cm³/mol. The highest BCUT2D eigenvalue weighted by Gasteiger charge is 2.11. The Balaban J connectivity index is 2.34. The second kappa shape index (κ2) is 5.50. The van der Waals surface area contributed by atoms with Gasteiger partial charge in [0.2, 0.25) is 5.91 Å². The van der Waals surface area contributed by atoms with Crippen molar-refractivity contribution in [2.24, 2.45) is 11.7 Å². The van der Waals surface area contributed by atoms with Crippen LogP contribution in [0.4, 0.5) is 0 Å². The van der Waals surface area contributed by atoms with Crippen molar-refractivity contribution in [1.82, 2.24) is 10.5 Å². The Morgan fingerprint density at radius 2 is 2.47 bits per heavy atom. The molecular formula is C10H17N3O2. The summed E-state index contributed by atoms with van der Waals surface area (Å²) in [7, 11) is 0. The number of carbonyl (C=O) groups excluding carboxylic acids is 1. The first kappa shape index (κ1) is 11.7. The number of aromatic nitrogens is 1. The summed E-state index contributed by atoms with van der Waals surface area (Å²) in [5.41, 5.74) is 6.18. The molecule has 0 saturated carbocycles. The van der Waals surface area contributed by atoms with Gasteiger partial charge in [0, 0.05) is 12.0 Å². The van der Waals surface area contributed by atoms with Gasteiger partial charge in [-0.2, -0.15) is 0 Å². The van der Waals surface area contributed by atoms with E-state index in [1.165, 1.54) is 0 Å². The Kier molecular flexibility index (Phi) is 4.30. The highest BCUT2D eigenvalue weighted by molar-refractivity contribution is 5.78. The van der Waals surface area contributed by atoms with E-state index in [0.29, 0.717) is 25.3 Å². The van der Waals surface area contributed by atoms with E-state index in [2.05, 4.69) is 10.5 Å². The maximum absolute atomic E-state index is 11.5. The molecule has 1 heterocycles. The van der Waals surface area contributed by atoms with Crippen LogP contribution in [0.15, 0.2) is 10.6 Å². The Labute approximate surface area is 89.0 Å². The van der Waals surface area contributed by atoms with Crippen molar-refractivity contribution >= 4 is 5.91 Å². The molecular weight excluding hydrogens is 194 g/mol. The fraction of sp³-hybridized carbons (Fsp3) is 0.600. The molecule has 0 saturated heterocycles. The van der Waals surface area contributed by atoms with Gasteiger partial charge < -0.3 is 15.6 Å². The first-order valence-electron chi connectivity index (χ1n) is 5.03. The molecule has 1 amide bonds. The lowest BCUT2D eigenvalue weighted by atomic mass is 10.1. The molecule has 1 unspecified atom stereocenters. The standard InChI is InChI=1S/C10H17N3O2/c1-7(3-4-11)10(14)12-6-9-5-8(2)13-15-9/h5,7H,3-4,6,11H2,1-2H3,(H,12,14). The van der Waals surface area contributed by atoms with Crippen LogP contribution in [0.25, 0.3) is 0 Å². The minimum Gasteiger partial charge on any atom is -0.359 e. The fourth-order valence-electron chi connectivity index (χ4n) is 1.23. The SMILES string of the molecule is Cc1cc(CNC(=O)C(C)CCN)on1. The minimum atomic E-state index is -0.0565. The fourth-order valence-corrected chi connectivity index (χ4v) is 1.23. The maximum Gasteiger partial charge on any atom is 0.223 e. The molecule has 5 heteroatoms. The molecule has 0 radical (unpaired) electrons. The van der Waals surface area contributed by atoms with Crippen LogP contribution < -0.4 is 11.1 Å². The summed E-state index contributed by atoms with van der Waals surface area (Å²) in [6, 6.07) is 1.80. The van der Waals surface area contributed by atoms with Gasteiger partial charge in [0.05, 0.1) is 12.2 Å². The Morgan fingerprint density at radius 1 is 1.73 bits per heavy atom. The van der Waals surface area contributed by atoms with Crippen molar-refractivity contribution in [3.63, 3.8) is 0 Å². The van der Waals surface area contributed by atoms with Crippen LogP contribution in [0.2, 0.25) is 0 Å². The molecule has 5 nitrogen and oxygen atoms in total. The largest absolute Gasteiger partial charge is 0.359 e. The van der Waals surface area contributed by atoms with E-state index in [-0.39, 0.29) is 11.8 Å². The van der Waals surface area contributed by atoms with Gasteiger partial charge in [-0.1, -0.05) is 12.1 Å². The number of nitrogens with two attached hydrogens (primary N) is 1. The third kappa shape index (κ3) is 3.71. The number of hydrogen-bond acceptors (Lipinski definition) is 4. The van der Waals surface area contributed by atoms with Gasteiger partial charge in [-0.3, -0.25) is 4.79 Å². The smallest absolute Gasteiger partial charge is 0.223 e. The van der Waals surface area contributed by atoms with Crippen molar-refractivity contribution in [3.05, 3.63) is 17.5 Å². The number of nitrogens with zero attached hydrogens (tertiary/aromatic N) is 1. The monoisotopic (exact) mass is 211 g/mol. The highest BCUT2D eigenvalue weighted by atomic mass is 16.5. The lowest BCUT2D eigenvalue weighted by Gasteiger charge is -2.09. The quantitative estimate of drug-likeness (QED) is 0.746. The topological polar surface area (TPSA) is 81.2 Å². The zero-order valence-electron chi connectivity index (χ0n) is 9.12. The van der Waals surface area contributed by atoms with Crippen molar-refractivity contribution in [1.29, 1.82) is 0 Å². The lowest BCUT2D eigenvalue weighted by molar-refractivity contribution is -0.124. The zero-order valence-corrected chi connectivity index (χ0v) is 9.12. The zero-order chi connectivity index (χ0) is 11.3. The minimum absolute atomic E-state index is 0.00509. The van der Waals surface area contributed by atoms with Crippen molar-refractivity contribution in [2.45, 2.75) is 26.8 Å². The molecule has 0 aliphatic rings. The third-order valence-electron chi connectivity index (χ3n) is 2.16. The molecule has 0 aliphatic heterocycles. The second-order valence-electron chi connectivity index (χ2n) is 3.63. The molecule has 84 valence electrons. The maximum atomic E-state index is 11.5. The van der Waals surface area contributed by atoms with Crippen LogP contribution in [0.3, 0.4) is 0 Å². The van der Waals surface area contributed by atoms with Crippen LogP contribution in [-0.4, -0.2) is 17.6 Å². The second-order valence-corrected chi connectivity index (χ2v) is 3.63. The summed E-state index contributed by atoms with van der Waals surface area (Å²) in [6.45, 7) is 4.60. The van der Waals surface area contributed by atoms with E-state index in [0.717, 1.165) is 5.69 Å². The van der Waals surface area contributed by atoms with Crippen molar-refractivity contribution in [2.75, 3.05) is 6.54 Å². The lowest BCUT2D eigenvalue weighted by Crippen LogP contribution is -2.29. The van der Waals surface area contributed by atoms with E-state index in [4.69, 9.17) is 10.3 Å². The summed E-state index contributed by atoms with van der Waals surface area (Å²) < 4.78 is 4.96. The Morgan fingerprint density at radius 3 is 3.00 bits per heavy atom. The summed E-state index contributed by atoms with van der Waals surface area (Å²) in [4.78, 5) is 11.5. The highest BCUT2D eigenvalue weighted by Crippen LogP contribution is 2.03. The van der Waals surface area contributed by atoms with E-state index in [1.807, 2.05) is 13.8 Å². The summed E-state index contributed by atoms with van der Waals surface area (Å²) in [5.74, 6) is 0.606. The van der Waals surface area contributed by atoms with E-state index >= 15 is 0 Å². The molecule has 1 rings (SSSR count). The van der Waals surface area contributed by atoms with Crippen LogP contribution >= 0.6 is 0 Å². The summed E-state index contributed by atoms with van der Waals surface area (Å²) >= 11 is 0. The Bertz CT molecular complexity index is 322. The Hall–Kier alpha value is -1.36. The van der Waals surface area contributed by atoms with Crippen LogP contribution in [0.5, 0.6) is 0 Å². The number of nitrogens with one attached hydrogen (secondary N) is 1.